The van der Waals surface area contributed by atoms with Crippen LogP contribution in [-0.4, -0.2) is 34.6 Å². The predicted molar refractivity (Wildman–Crippen MR) is 51.2 cm³/mol. The Morgan fingerprint density at radius 3 is 2.92 bits per heavy atom. The van der Waals surface area contributed by atoms with Gasteiger partial charge in [-0.25, -0.2) is 0 Å². The molecular formula is C10H17NO2. The van der Waals surface area contributed by atoms with Crippen LogP contribution in [0.15, 0.2) is 12.7 Å². The number of carbonyl (C=O) groups is 1. The molecule has 1 saturated heterocycles. The SMILES string of the molecule is C=CC(=O)N1C(C)CCCC1CO. The van der Waals surface area contributed by atoms with Crippen LogP contribution in [0.5, 0.6) is 0 Å². The van der Waals surface area contributed by atoms with Gasteiger partial charge in [0.25, 0.3) is 0 Å². The topological polar surface area (TPSA) is 40.5 Å². The number of carbonyl (C=O) groups excluding carboxylic acids is 1. The molecule has 0 bridgehead atoms. The molecule has 0 aromatic heterocycles. The molecule has 0 aromatic carbocycles. The van der Waals surface area contributed by atoms with Gasteiger partial charge in [-0.15, -0.1) is 0 Å². The fourth-order valence-corrected chi connectivity index (χ4v) is 1.97. The van der Waals surface area contributed by atoms with Gasteiger partial charge in [-0.2, -0.15) is 0 Å². The van der Waals surface area contributed by atoms with Crippen molar-refractivity contribution >= 4 is 5.91 Å². The van der Waals surface area contributed by atoms with Crippen molar-refractivity contribution in [1.82, 2.24) is 4.90 Å². The molecule has 0 saturated carbocycles. The third kappa shape index (κ3) is 2.10. The average Bonchev–Trinajstić information content (AvgIpc) is 2.16. The van der Waals surface area contributed by atoms with E-state index in [1.165, 1.54) is 6.08 Å². The minimum atomic E-state index is -0.0637. The zero-order valence-corrected chi connectivity index (χ0v) is 8.07. The van der Waals surface area contributed by atoms with Crippen LogP contribution in [0.2, 0.25) is 0 Å². The Labute approximate surface area is 79.0 Å². The number of likely N-dealkylation sites (tertiary alicyclic amines) is 1. The largest absolute Gasteiger partial charge is 0.394 e. The molecule has 1 fully saturated rings. The third-order valence-electron chi connectivity index (χ3n) is 2.67. The minimum Gasteiger partial charge on any atom is -0.394 e. The molecule has 0 radical (unpaired) electrons. The van der Waals surface area contributed by atoms with Gasteiger partial charge in [0.15, 0.2) is 0 Å². The fourth-order valence-electron chi connectivity index (χ4n) is 1.97. The van der Waals surface area contributed by atoms with Crippen LogP contribution in [-0.2, 0) is 4.79 Å². The Morgan fingerprint density at radius 2 is 2.38 bits per heavy atom. The molecule has 1 aliphatic heterocycles. The van der Waals surface area contributed by atoms with Crippen LogP contribution < -0.4 is 0 Å². The van der Waals surface area contributed by atoms with Gasteiger partial charge in [-0.05, 0) is 32.3 Å². The first-order valence-electron chi connectivity index (χ1n) is 4.76. The molecule has 3 nitrogen and oxygen atoms in total. The van der Waals surface area contributed by atoms with Crippen molar-refractivity contribution in [3.8, 4) is 0 Å². The second-order valence-electron chi connectivity index (χ2n) is 3.57. The Hall–Kier alpha value is -0.830. The van der Waals surface area contributed by atoms with E-state index in [2.05, 4.69) is 6.58 Å². The number of nitrogens with zero attached hydrogens (tertiary/aromatic N) is 1. The van der Waals surface area contributed by atoms with Crippen molar-refractivity contribution < 1.29 is 9.90 Å². The van der Waals surface area contributed by atoms with Crippen LogP contribution >= 0.6 is 0 Å². The van der Waals surface area contributed by atoms with Crippen molar-refractivity contribution in [3.63, 3.8) is 0 Å². The van der Waals surface area contributed by atoms with Gasteiger partial charge in [0.05, 0.1) is 12.6 Å². The smallest absolute Gasteiger partial charge is 0.246 e. The molecule has 2 atom stereocenters. The van der Waals surface area contributed by atoms with Crippen molar-refractivity contribution in [3.05, 3.63) is 12.7 Å². The first-order chi connectivity index (χ1) is 6.20. The molecule has 1 rings (SSSR count). The van der Waals surface area contributed by atoms with Crippen LogP contribution in [0.25, 0.3) is 0 Å². The Kier molecular flexibility index (Phi) is 3.48. The minimum absolute atomic E-state index is 0.00532. The highest BCUT2D eigenvalue weighted by Crippen LogP contribution is 2.22. The summed E-state index contributed by atoms with van der Waals surface area (Å²) in [6.45, 7) is 5.54. The van der Waals surface area contributed by atoms with Crippen LogP contribution in [0.1, 0.15) is 26.2 Å². The summed E-state index contributed by atoms with van der Waals surface area (Å²) in [6.07, 6.45) is 4.34. The van der Waals surface area contributed by atoms with Crippen LogP contribution in [0, 0.1) is 0 Å². The number of piperidine rings is 1. The number of amides is 1. The molecular weight excluding hydrogens is 166 g/mol. The van der Waals surface area contributed by atoms with E-state index in [1.54, 1.807) is 4.90 Å². The standard InChI is InChI=1S/C10H17NO2/c1-3-10(13)11-8(2)5-4-6-9(11)7-12/h3,8-9,12H,1,4-7H2,2H3. The Morgan fingerprint density at radius 1 is 1.69 bits per heavy atom. The molecule has 0 aromatic rings. The quantitative estimate of drug-likeness (QED) is 0.647. The number of hydrogen-bond acceptors (Lipinski definition) is 2. The number of rotatable bonds is 2. The van der Waals surface area contributed by atoms with Crippen molar-refractivity contribution in [2.24, 2.45) is 0 Å². The monoisotopic (exact) mass is 183 g/mol. The van der Waals surface area contributed by atoms with Gasteiger partial charge >= 0.3 is 0 Å². The first kappa shape index (κ1) is 10.3. The molecule has 3 heteroatoms. The third-order valence-corrected chi connectivity index (χ3v) is 2.67. The molecule has 0 spiro atoms. The van der Waals surface area contributed by atoms with Crippen molar-refractivity contribution in [2.45, 2.75) is 38.3 Å². The van der Waals surface area contributed by atoms with Crippen LogP contribution in [0.3, 0.4) is 0 Å². The van der Waals surface area contributed by atoms with Crippen LogP contribution in [0.4, 0.5) is 0 Å². The summed E-state index contributed by atoms with van der Waals surface area (Å²) in [5, 5.41) is 9.10. The van der Waals surface area contributed by atoms with Gasteiger partial charge in [-0.3, -0.25) is 4.79 Å². The molecule has 1 aliphatic rings. The summed E-state index contributed by atoms with van der Waals surface area (Å²) in [5.41, 5.74) is 0. The fraction of sp³-hybridized carbons (Fsp3) is 0.700. The average molecular weight is 183 g/mol. The van der Waals surface area contributed by atoms with E-state index < -0.39 is 0 Å². The molecule has 2 unspecified atom stereocenters. The Balaban J connectivity index is 2.72. The molecule has 1 heterocycles. The van der Waals surface area contributed by atoms with Gasteiger partial charge in [0.1, 0.15) is 0 Å². The van der Waals surface area contributed by atoms with E-state index in [4.69, 9.17) is 5.11 Å². The van der Waals surface area contributed by atoms with Gasteiger partial charge in [0.2, 0.25) is 5.91 Å². The molecule has 74 valence electrons. The number of hydrogen-bond donors (Lipinski definition) is 1. The van der Waals surface area contributed by atoms with E-state index in [1.807, 2.05) is 6.92 Å². The molecule has 13 heavy (non-hydrogen) atoms. The maximum absolute atomic E-state index is 11.4. The zero-order chi connectivity index (χ0) is 9.84. The maximum atomic E-state index is 11.4. The van der Waals surface area contributed by atoms with E-state index in [-0.39, 0.29) is 24.6 Å². The lowest BCUT2D eigenvalue weighted by Gasteiger charge is -2.39. The molecule has 1 N–H and O–H groups in total. The van der Waals surface area contributed by atoms with E-state index in [0.717, 1.165) is 19.3 Å². The molecule has 0 aliphatic carbocycles. The lowest BCUT2D eigenvalue weighted by atomic mass is 9.97. The summed E-state index contributed by atoms with van der Waals surface area (Å²) >= 11 is 0. The molecule has 1 amide bonds. The summed E-state index contributed by atoms with van der Waals surface area (Å²) < 4.78 is 0. The predicted octanol–water partition coefficient (Wildman–Crippen LogP) is 0.934. The van der Waals surface area contributed by atoms with Gasteiger partial charge < -0.3 is 10.0 Å². The van der Waals surface area contributed by atoms with Gasteiger partial charge in [-0.1, -0.05) is 6.58 Å². The second kappa shape index (κ2) is 4.42. The summed E-state index contributed by atoms with van der Waals surface area (Å²) in [6, 6.07) is 0.227. The van der Waals surface area contributed by atoms with E-state index in [9.17, 15) is 4.79 Å². The van der Waals surface area contributed by atoms with E-state index in [0.29, 0.717) is 0 Å². The zero-order valence-electron chi connectivity index (χ0n) is 8.07. The summed E-state index contributed by atoms with van der Waals surface area (Å²) in [5.74, 6) is -0.0637. The summed E-state index contributed by atoms with van der Waals surface area (Å²) in [7, 11) is 0. The summed E-state index contributed by atoms with van der Waals surface area (Å²) in [4.78, 5) is 13.2. The normalized spacial score (nSPS) is 28.6. The van der Waals surface area contributed by atoms with Gasteiger partial charge in [0, 0.05) is 6.04 Å². The van der Waals surface area contributed by atoms with E-state index >= 15 is 0 Å². The lowest BCUT2D eigenvalue weighted by Crippen LogP contribution is -2.49. The first-order valence-corrected chi connectivity index (χ1v) is 4.76. The highest BCUT2D eigenvalue weighted by molar-refractivity contribution is 5.87. The van der Waals surface area contributed by atoms with Crippen molar-refractivity contribution in [2.75, 3.05) is 6.61 Å². The number of aliphatic hydroxyl groups is 1. The number of aliphatic hydroxyl groups excluding tert-OH is 1. The lowest BCUT2D eigenvalue weighted by molar-refractivity contribution is -0.133. The van der Waals surface area contributed by atoms with Crippen molar-refractivity contribution in [1.29, 1.82) is 0 Å². The maximum Gasteiger partial charge on any atom is 0.246 e. The highest BCUT2D eigenvalue weighted by Gasteiger charge is 2.29. The highest BCUT2D eigenvalue weighted by atomic mass is 16.3. The second-order valence-corrected chi connectivity index (χ2v) is 3.57. The Bertz CT molecular complexity index is 203.